The summed E-state index contributed by atoms with van der Waals surface area (Å²) in [6.45, 7) is 8.95. The molecule has 0 radical (unpaired) electrons. The van der Waals surface area contributed by atoms with E-state index in [1.807, 2.05) is 0 Å². The summed E-state index contributed by atoms with van der Waals surface area (Å²) in [6, 6.07) is 13.7. The number of hydrogen-bond acceptors (Lipinski definition) is 2. The number of benzene rings is 2. The molecule has 1 aliphatic heterocycles. The summed E-state index contributed by atoms with van der Waals surface area (Å²) in [5.74, 6) is 0. The van der Waals surface area contributed by atoms with E-state index in [9.17, 15) is 0 Å². The van der Waals surface area contributed by atoms with E-state index in [2.05, 4.69) is 62.5 Å². The van der Waals surface area contributed by atoms with Gasteiger partial charge in [-0.25, -0.2) is 0 Å². The lowest BCUT2D eigenvalue weighted by atomic mass is 9.92. The van der Waals surface area contributed by atoms with Gasteiger partial charge in [0.05, 0.1) is 19.3 Å². The lowest BCUT2D eigenvalue weighted by Gasteiger charge is -2.22. The standard InChI is InChI=1S/C19H23NO/c1-4-20-19(18-8-5-13(2)9-14(18)3)15-6-7-16-11-21-12-17(16)10-15/h5-10,19-20H,4,11-12H2,1-3H3. The van der Waals surface area contributed by atoms with Crippen molar-refractivity contribution in [3.63, 3.8) is 0 Å². The van der Waals surface area contributed by atoms with E-state index in [-0.39, 0.29) is 6.04 Å². The van der Waals surface area contributed by atoms with E-state index >= 15 is 0 Å². The molecule has 1 atom stereocenters. The van der Waals surface area contributed by atoms with Gasteiger partial charge < -0.3 is 10.1 Å². The molecule has 0 fully saturated rings. The summed E-state index contributed by atoms with van der Waals surface area (Å²) < 4.78 is 5.53. The predicted octanol–water partition coefficient (Wildman–Crippen LogP) is 4.03. The van der Waals surface area contributed by atoms with Crippen molar-refractivity contribution in [2.24, 2.45) is 0 Å². The molecule has 0 bridgehead atoms. The topological polar surface area (TPSA) is 21.3 Å². The number of hydrogen-bond donors (Lipinski definition) is 1. The molecule has 0 aliphatic carbocycles. The second-order valence-corrected chi connectivity index (χ2v) is 5.87. The zero-order chi connectivity index (χ0) is 14.8. The zero-order valence-corrected chi connectivity index (χ0v) is 13.1. The van der Waals surface area contributed by atoms with Crippen LogP contribution in [-0.2, 0) is 18.0 Å². The fourth-order valence-electron chi connectivity index (χ4n) is 3.13. The first-order valence-corrected chi connectivity index (χ1v) is 7.69. The van der Waals surface area contributed by atoms with E-state index in [1.54, 1.807) is 0 Å². The Morgan fingerprint density at radius 1 is 1.05 bits per heavy atom. The van der Waals surface area contributed by atoms with Crippen molar-refractivity contribution in [3.05, 3.63) is 69.8 Å². The first kappa shape index (κ1) is 14.3. The lowest BCUT2D eigenvalue weighted by molar-refractivity contribution is 0.134. The predicted molar refractivity (Wildman–Crippen MR) is 86.4 cm³/mol. The smallest absolute Gasteiger partial charge is 0.0725 e. The van der Waals surface area contributed by atoms with Crippen LogP contribution in [0.25, 0.3) is 0 Å². The van der Waals surface area contributed by atoms with Gasteiger partial charge in [0.25, 0.3) is 0 Å². The van der Waals surface area contributed by atoms with Gasteiger partial charge in [-0.05, 0) is 48.2 Å². The molecule has 2 aromatic carbocycles. The van der Waals surface area contributed by atoms with Gasteiger partial charge in [0, 0.05) is 0 Å². The molecule has 110 valence electrons. The summed E-state index contributed by atoms with van der Waals surface area (Å²) >= 11 is 0. The van der Waals surface area contributed by atoms with E-state index in [1.165, 1.54) is 33.4 Å². The van der Waals surface area contributed by atoms with Gasteiger partial charge in [0.2, 0.25) is 0 Å². The third-order valence-corrected chi connectivity index (χ3v) is 4.22. The summed E-state index contributed by atoms with van der Waals surface area (Å²) in [5.41, 5.74) is 8.01. The van der Waals surface area contributed by atoms with Gasteiger partial charge in [0.15, 0.2) is 0 Å². The maximum Gasteiger partial charge on any atom is 0.0725 e. The molecular formula is C19H23NO. The molecule has 2 heteroatoms. The monoisotopic (exact) mass is 281 g/mol. The third kappa shape index (κ3) is 2.87. The van der Waals surface area contributed by atoms with Crippen molar-refractivity contribution in [3.8, 4) is 0 Å². The van der Waals surface area contributed by atoms with Gasteiger partial charge in [-0.15, -0.1) is 0 Å². The molecule has 1 aliphatic rings. The summed E-state index contributed by atoms with van der Waals surface area (Å²) in [6.07, 6.45) is 0. The molecule has 0 amide bonds. The molecule has 1 N–H and O–H groups in total. The highest BCUT2D eigenvalue weighted by Crippen LogP contribution is 2.29. The number of aryl methyl sites for hydroxylation is 2. The van der Waals surface area contributed by atoms with E-state index in [4.69, 9.17) is 4.74 Å². The number of fused-ring (bicyclic) bond motifs is 1. The summed E-state index contributed by atoms with van der Waals surface area (Å²) in [5, 5.41) is 3.63. The van der Waals surface area contributed by atoms with Crippen LogP contribution in [0.1, 0.15) is 46.3 Å². The zero-order valence-electron chi connectivity index (χ0n) is 13.1. The van der Waals surface area contributed by atoms with Gasteiger partial charge in [-0.3, -0.25) is 0 Å². The molecule has 2 aromatic rings. The van der Waals surface area contributed by atoms with Crippen molar-refractivity contribution >= 4 is 0 Å². The Labute approximate surface area is 127 Å². The van der Waals surface area contributed by atoms with Crippen LogP contribution in [0.4, 0.5) is 0 Å². The summed E-state index contributed by atoms with van der Waals surface area (Å²) in [7, 11) is 0. The molecule has 3 rings (SSSR count). The molecule has 1 heterocycles. The highest BCUT2D eigenvalue weighted by atomic mass is 16.5. The minimum atomic E-state index is 0.251. The van der Waals surface area contributed by atoms with Crippen LogP contribution in [0.5, 0.6) is 0 Å². The molecule has 0 spiro atoms. The Morgan fingerprint density at radius 2 is 1.86 bits per heavy atom. The summed E-state index contributed by atoms with van der Waals surface area (Å²) in [4.78, 5) is 0. The highest BCUT2D eigenvalue weighted by Gasteiger charge is 2.18. The minimum Gasteiger partial charge on any atom is -0.372 e. The minimum absolute atomic E-state index is 0.251. The number of rotatable bonds is 4. The largest absolute Gasteiger partial charge is 0.372 e. The Balaban J connectivity index is 2.01. The van der Waals surface area contributed by atoms with Crippen molar-refractivity contribution in [2.75, 3.05) is 6.54 Å². The second kappa shape index (κ2) is 6.00. The van der Waals surface area contributed by atoms with Crippen LogP contribution in [0.2, 0.25) is 0 Å². The highest BCUT2D eigenvalue weighted by molar-refractivity contribution is 5.42. The van der Waals surface area contributed by atoms with Crippen LogP contribution in [0.3, 0.4) is 0 Å². The van der Waals surface area contributed by atoms with E-state index in [0.29, 0.717) is 0 Å². The van der Waals surface area contributed by atoms with Crippen molar-refractivity contribution in [2.45, 2.75) is 40.0 Å². The SMILES string of the molecule is CCNC(c1ccc2c(c1)COC2)c1ccc(C)cc1C. The molecular weight excluding hydrogens is 258 g/mol. The molecule has 0 saturated carbocycles. The Kier molecular flexibility index (Phi) is 4.09. The quantitative estimate of drug-likeness (QED) is 0.913. The number of ether oxygens (including phenoxy) is 1. The van der Waals surface area contributed by atoms with Crippen molar-refractivity contribution in [1.29, 1.82) is 0 Å². The molecule has 2 nitrogen and oxygen atoms in total. The van der Waals surface area contributed by atoms with Crippen LogP contribution in [-0.4, -0.2) is 6.54 Å². The van der Waals surface area contributed by atoms with Crippen molar-refractivity contribution < 1.29 is 4.74 Å². The van der Waals surface area contributed by atoms with E-state index in [0.717, 1.165) is 19.8 Å². The molecule has 0 aromatic heterocycles. The van der Waals surface area contributed by atoms with Gasteiger partial charge in [0.1, 0.15) is 0 Å². The Bertz CT molecular complexity index is 648. The lowest BCUT2D eigenvalue weighted by Crippen LogP contribution is -2.23. The average Bonchev–Trinajstić information content (AvgIpc) is 2.93. The first-order valence-electron chi connectivity index (χ1n) is 7.69. The van der Waals surface area contributed by atoms with Crippen molar-refractivity contribution in [1.82, 2.24) is 5.32 Å². The fraction of sp³-hybridized carbons (Fsp3) is 0.368. The van der Waals surface area contributed by atoms with Crippen LogP contribution >= 0.6 is 0 Å². The molecule has 1 unspecified atom stereocenters. The molecule has 21 heavy (non-hydrogen) atoms. The maximum atomic E-state index is 5.53. The number of nitrogens with one attached hydrogen (secondary N) is 1. The average molecular weight is 281 g/mol. The van der Waals surface area contributed by atoms with Crippen LogP contribution < -0.4 is 5.32 Å². The molecule has 0 saturated heterocycles. The maximum absolute atomic E-state index is 5.53. The van der Waals surface area contributed by atoms with Gasteiger partial charge in [-0.1, -0.05) is 48.9 Å². The Hall–Kier alpha value is -1.64. The van der Waals surface area contributed by atoms with Crippen LogP contribution in [0, 0.1) is 13.8 Å². The first-order chi connectivity index (χ1) is 10.2. The van der Waals surface area contributed by atoms with Gasteiger partial charge >= 0.3 is 0 Å². The fourth-order valence-corrected chi connectivity index (χ4v) is 3.13. The second-order valence-electron chi connectivity index (χ2n) is 5.87. The third-order valence-electron chi connectivity index (χ3n) is 4.22. The van der Waals surface area contributed by atoms with E-state index < -0.39 is 0 Å². The van der Waals surface area contributed by atoms with Gasteiger partial charge in [-0.2, -0.15) is 0 Å². The Morgan fingerprint density at radius 3 is 2.62 bits per heavy atom. The normalized spacial score (nSPS) is 15.0. The van der Waals surface area contributed by atoms with Crippen LogP contribution in [0.15, 0.2) is 36.4 Å².